The SMILES string of the molecule is CCOCCCn1nnnc1-c1cc(N)cc(OC)c1. The maximum absolute atomic E-state index is 5.85. The van der Waals surface area contributed by atoms with E-state index in [4.69, 9.17) is 15.2 Å². The number of benzene rings is 1. The molecule has 0 aliphatic heterocycles. The maximum atomic E-state index is 5.85. The summed E-state index contributed by atoms with van der Waals surface area (Å²) in [6.07, 6.45) is 0.853. The zero-order chi connectivity index (χ0) is 14.4. The van der Waals surface area contributed by atoms with Crippen molar-refractivity contribution in [2.24, 2.45) is 0 Å². The Balaban J connectivity index is 2.16. The van der Waals surface area contributed by atoms with Gasteiger partial charge in [0.25, 0.3) is 0 Å². The van der Waals surface area contributed by atoms with E-state index in [2.05, 4.69) is 15.5 Å². The highest BCUT2D eigenvalue weighted by Gasteiger charge is 2.10. The lowest BCUT2D eigenvalue weighted by atomic mass is 10.1. The molecule has 0 saturated carbocycles. The molecule has 0 aliphatic rings. The number of hydrogen-bond donors (Lipinski definition) is 1. The maximum Gasteiger partial charge on any atom is 0.182 e. The van der Waals surface area contributed by atoms with Gasteiger partial charge < -0.3 is 15.2 Å². The van der Waals surface area contributed by atoms with Crippen LogP contribution in [0.4, 0.5) is 5.69 Å². The number of ether oxygens (including phenoxy) is 2. The van der Waals surface area contributed by atoms with E-state index < -0.39 is 0 Å². The lowest BCUT2D eigenvalue weighted by molar-refractivity contribution is 0.140. The van der Waals surface area contributed by atoms with Crippen LogP contribution in [-0.4, -0.2) is 40.5 Å². The topological polar surface area (TPSA) is 88.1 Å². The van der Waals surface area contributed by atoms with Gasteiger partial charge in [0.15, 0.2) is 5.82 Å². The van der Waals surface area contributed by atoms with Gasteiger partial charge in [-0.2, -0.15) is 0 Å². The molecule has 0 bridgehead atoms. The van der Waals surface area contributed by atoms with Crippen molar-refractivity contribution in [1.29, 1.82) is 0 Å². The van der Waals surface area contributed by atoms with Crippen LogP contribution in [0.15, 0.2) is 18.2 Å². The summed E-state index contributed by atoms with van der Waals surface area (Å²) in [5.74, 6) is 1.36. The first-order valence-electron chi connectivity index (χ1n) is 6.53. The van der Waals surface area contributed by atoms with Crippen LogP contribution >= 0.6 is 0 Å². The highest BCUT2D eigenvalue weighted by Crippen LogP contribution is 2.25. The van der Waals surface area contributed by atoms with Crippen LogP contribution < -0.4 is 10.5 Å². The van der Waals surface area contributed by atoms with Crippen molar-refractivity contribution in [1.82, 2.24) is 20.2 Å². The smallest absolute Gasteiger partial charge is 0.182 e. The third-order valence-corrected chi connectivity index (χ3v) is 2.82. The first-order valence-corrected chi connectivity index (χ1v) is 6.53. The fraction of sp³-hybridized carbons (Fsp3) is 0.462. The van der Waals surface area contributed by atoms with Gasteiger partial charge in [-0.25, -0.2) is 4.68 Å². The number of anilines is 1. The molecule has 1 heterocycles. The van der Waals surface area contributed by atoms with E-state index in [9.17, 15) is 0 Å². The number of aryl methyl sites for hydroxylation is 1. The second-order valence-electron chi connectivity index (χ2n) is 4.27. The molecule has 1 aromatic heterocycles. The number of methoxy groups -OCH3 is 1. The molecule has 0 atom stereocenters. The molecule has 0 aliphatic carbocycles. The van der Waals surface area contributed by atoms with Gasteiger partial charge in [0, 0.05) is 37.1 Å². The second kappa shape index (κ2) is 6.85. The standard InChI is InChI=1S/C13H19N5O2/c1-3-20-6-4-5-18-13(15-16-17-18)10-7-11(14)9-12(8-10)19-2/h7-9H,3-6,14H2,1-2H3. The molecule has 20 heavy (non-hydrogen) atoms. The van der Waals surface area contributed by atoms with Crippen molar-refractivity contribution < 1.29 is 9.47 Å². The van der Waals surface area contributed by atoms with Gasteiger partial charge in [0.1, 0.15) is 5.75 Å². The molecular formula is C13H19N5O2. The van der Waals surface area contributed by atoms with Crippen molar-refractivity contribution in [2.45, 2.75) is 19.9 Å². The van der Waals surface area contributed by atoms with Crippen LogP contribution in [-0.2, 0) is 11.3 Å². The lowest BCUT2D eigenvalue weighted by Crippen LogP contribution is -2.06. The molecule has 1 aromatic carbocycles. The summed E-state index contributed by atoms with van der Waals surface area (Å²) in [7, 11) is 1.60. The monoisotopic (exact) mass is 277 g/mol. The van der Waals surface area contributed by atoms with Gasteiger partial charge in [-0.15, -0.1) is 5.10 Å². The van der Waals surface area contributed by atoms with E-state index in [1.54, 1.807) is 17.9 Å². The largest absolute Gasteiger partial charge is 0.497 e. The van der Waals surface area contributed by atoms with E-state index >= 15 is 0 Å². The van der Waals surface area contributed by atoms with Gasteiger partial charge in [0.05, 0.1) is 7.11 Å². The van der Waals surface area contributed by atoms with Gasteiger partial charge in [-0.1, -0.05) is 0 Å². The zero-order valence-corrected chi connectivity index (χ0v) is 11.7. The number of nitrogens with two attached hydrogens (primary N) is 1. The summed E-state index contributed by atoms with van der Waals surface area (Å²) in [5.41, 5.74) is 7.30. The van der Waals surface area contributed by atoms with E-state index in [0.29, 0.717) is 30.4 Å². The van der Waals surface area contributed by atoms with Gasteiger partial charge in [0.2, 0.25) is 0 Å². The molecule has 2 rings (SSSR count). The van der Waals surface area contributed by atoms with Crippen molar-refractivity contribution >= 4 is 5.69 Å². The molecule has 0 spiro atoms. The fourth-order valence-electron chi connectivity index (χ4n) is 1.89. The predicted octanol–water partition coefficient (Wildman–Crippen LogP) is 1.36. The minimum atomic E-state index is 0.614. The van der Waals surface area contributed by atoms with Crippen LogP contribution in [0, 0.1) is 0 Å². The summed E-state index contributed by atoms with van der Waals surface area (Å²) < 4.78 is 12.3. The molecule has 0 unspecified atom stereocenters. The molecule has 0 fully saturated rings. The molecule has 0 radical (unpaired) electrons. The van der Waals surface area contributed by atoms with E-state index in [1.807, 2.05) is 19.1 Å². The Labute approximate surface area is 117 Å². The Morgan fingerprint density at radius 1 is 1.30 bits per heavy atom. The number of tetrazole rings is 1. The number of rotatable bonds is 7. The van der Waals surface area contributed by atoms with Gasteiger partial charge >= 0.3 is 0 Å². The minimum absolute atomic E-state index is 0.614. The normalized spacial score (nSPS) is 10.7. The molecule has 7 heteroatoms. The summed E-state index contributed by atoms with van der Waals surface area (Å²) in [4.78, 5) is 0. The molecule has 2 N–H and O–H groups in total. The first kappa shape index (κ1) is 14.3. The Kier molecular flexibility index (Phi) is 4.89. The summed E-state index contributed by atoms with van der Waals surface area (Å²) in [6, 6.07) is 5.45. The van der Waals surface area contributed by atoms with Crippen LogP contribution in [0.1, 0.15) is 13.3 Å². The molecule has 2 aromatic rings. The molecule has 7 nitrogen and oxygen atoms in total. The Bertz CT molecular complexity index is 555. The number of hydrogen-bond acceptors (Lipinski definition) is 6. The average Bonchev–Trinajstić information content (AvgIpc) is 2.91. The molecule has 0 amide bonds. The highest BCUT2D eigenvalue weighted by molar-refractivity contribution is 5.64. The van der Waals surface area contributed by atoms with E-state index in [1.165, 1.54) is 0 Å². The van der Waals surface area contributed by atoms with Crippen LogP contribution in [0.25, 0.3) is 11.4 Å². The first-order chi connectivity index (χ1) is 9.74. The lowest BCUT2D eigenvalue weighted by Gasteiger charge is -2.07. The van der Waals surface area contributed by atoms with Gasteiger partial charge in [-0.05, 0) is 35.9 Å². The van der Waals surface area contributed by atoms with Crippen molar-refractivity contribution in [3.8, 4) is 17.1 Å². The average molecular weight is 277 g/mol. The second-order valence-corrected chi connectivity index (χ2v) is 4.27. The zero-order valence-electron chi connectivity index (χ0n) is 11.7. The summed E-state index contributed by atoms with van der Waals surface area (Å²) >= 11 is 0. The van der Waals surface area contributed by atoms with Crippen LogP contribution in [0.5, 0.6) is 5.75 Å². The Morgan fingerprint density at radius 2 is 2.15 bits per heavy atom. The number of nitrogen functional groups attached to an aromatic ring is 1. The van der Waals surface area contributed by atoms with Crippen molar-refractivity contribution in [2.75, 3.05) is 26.1 Å². The third-order valence-electron chi connectivity index (χ3n) is 2.82. The van der Waals surface area contributed by atoms with Crippen molar-refractivity contribution in [3.05, 3.63) is 18.2 Å². The Morgan fingerprint density at radius 3 is 2.90 bits per heavy atom. The van der Waals surface area contributed by atoms with E-state index in [0.717, 1.165) is 18.6 Å². The molecule has 108 valence electrons. The van der Waals surface area contributed by atoms with Gasteiger partial charge in [-0.3, -0.25) is 0 Å². The number of nitrogens with zero attached hydrogens (tertiary/aromatic N) is 4. The third kappa shape index (κ3) is 3.45. The quantitative estimate of drug-likeness (QED) is 0.607. The summed E-state index contributed by atoms with van der Waals surface area (Å²) in [6.45, 7) is 4.08. The van der Waals surface area contributed by atoms with Crippen molar-refractivity contribution in [3.63, 3.8) is 0 Å². The molecular weight excluding hydrogens is 258 g/mol. The minimum Gasteiger partial charge on any atom is -0.497 e. The predicted molar refractivity (Wildman–Crippen MR) is 75.3 cm³/mol. The fourth-order valence-corrected chi connectivity index (χ4v) is 1.89. The number of aromatic nitrogens is 4. The highest BCUT2D eigenvalue weighted by atomic mass is 16.5. The molecule has 0 saturated heterocycles. The van der Waals surface area contributed by atoms with Crippen LogP contribution in [0.3, 0.4) is 0 Å². The Hall–Kier alpha value is -2.15. The van der Waals surface area contributed by atoms with Crippen LogP contribution in [0.2, 0.25) is 0 Å². The van der Waals surface area contributed by atoms with E-state index in [-0.39, 0.29) is 0 Å². The summed E-state index contributed by atoms with van der Waals surface area (Å²) in [5, 5.41) is 11.8.